The molecular weight excluding hydrogens is 340 g/mol. The van der Waals surface area contributed by atoms with Crippen LogP contribution < -0.4 is 10.6 Å². The molecule has 0 spiro atoms. The lowest BCUT2D eigenvalue weighted by Gasteiger charge is -2.28. The lowest BCUT2D eigenvalue weighted by atomic mass is 10.0. The van der Waals surface area contributed by atoms with Gasteiger partial charge in [0.25, 0.3) is 0 Å². The van der Waals surface area contributed by atoms with Crippen LogP contribution in [0.1, 0.15) is 19.4 Å². The van der Waals surface area contributed by atoms with E-state index in [2.05, 4.69) is 58.0 Å². The van der Waals surface area contributed by atoms with Gasteiger partial charge in [-0.25, -0.2) is 9.97 Å². The maximum atomic E-state index is 5.89. The number of ether oxygens (including phenoxy) is 1. The molecule has 3 aromatic rings. The Morgan fingerprint density at radius 1 is 1.07 bits per heavy atom. The Bertz CT molecular complexity index is 935. The summed E-state index contributed by atoms with van der Waals surface area (Å²) in [7, 11) is 0. The molecule has 27 heavy (non-hydrogen) atoms. The molecule has 0 unspecified atom stereocenters. The van der Waals surface area contributed by atoms with E-state index < -0.39 is 0 Å². The predicted molar refractivity (Wildman–Crippen MR) is 107 cm³/mol. The van der Waals surface area contributed by atoms with Gasteiger partial charge in [-0.05, 0) is 17.9 Å². The van der Waals surface area contributed by atoms with Crippen molar-refractivity contribution >= 4 is 22.9 Å². The van der Waals surface area contributed by atoms with Crippen LogP contribution in [0.2, 0.25) is 0 Å². The van der Waals surface area contributed by atoms with E-state index in [0.29, 0.717) is 30.3 Å². The van der Waals surface area contributed by atoms with Crippen LogP contribution in [0.5, 0.6) is 0 Å². The number of fused-ring (bicyclic) bond motifs is 1. The first-order valence-corrected chi connectivity index (χ1v) is 9.32. The topological polar surface area (TPSA) is 90.0 Å². The zero-order valence-corrected chi connectivity index (χ0v) is 15.7. The first kappa shape index (κ1) is 17.6. The van der Waals surface area contributed by atoms with Crippen LogP contribution >= 0.6 is 0 Å². The minimum absolute atomic E-state index is 0.212. The van der Waals surface area contributed by atoms with Crippen LogP contribution in [0.3, 0.4) is 0 Å². The van der Waals surface area contributed by atoms with Gasteiger partial charge >= 0.3 is 0 Å². The van der Waals surface area contributed by atoms with Crippen molar-refractivity contribution in [1.82, 2.24) is 19.9 Å². The van der Waals surface area contributed by atoms with E-state index in [1.54, 1.807) is 6.20 Å². The molecule has 2 N–H and O–H groups in total. The summed E-state index contributed by atoms with van der Waals surface area (Å²) in [6.07, 6.45) is 2.81. The Morgan fingerprint density at radius 2 is 1.81 bits per heavy atom. The van der Waals surface area contributed by atoms with Gasteiger partial charge in [0.1, 0.15) is 0 Å². The van der Waals surface area contributed by atoms with Crippen molar-refractivity contribution < 1.29 is 4.74 Å². The number of anilines is 2. The highest BCUT2D eigenvalue weighted by Crippen LogP contribution is 2.26. The molecule has 7 nitrogen and oxygen atoms in total. The Kier molecular flexibility index (Phi) is 4.85. The maximum absolute atomic E-state index is 5.89. The normalized spacial score (nSPS) is 14.9. The van der Waals surface area contributed by atoms with Crippen LogP contribution in [0.25, 0.3) is 22.4 Å². The zero-order valence-electron chi connectivity index (χ0n) is 15.7. The maximum Gasteiger partial charge on any atom is 0.224 e. The summed E-state index contributed by atoms with van der Waals surface area (Å²) in [5.74, 6) is 1.57. The number of hydrogen-bond donors (Lipinski definition) is 1. The van der Waals surface area contributed by atoms with Gasteiger partial charge in [-0.1, -0.05) is 38.1 Å². The third-order valence-electron chi connectivity index (χ3n) is 4.61. The van der Waals surface area contributed by atoms with E-state index in [4.69, 9.17) is 15.5 Å². The van der Waals surface area contributed by atoms with Crippen molar-refractivity contribution in [2.45, 2.75) is 20.3 Å². The average molecular weight is 364 g/mol. The van der Waals surface area contributed by atoms with Gasteiger partial charge in [-0.2, -0.15) is 9.97 Å². The number of benzene rings is 1. The van der Waals surface area contributed by atoms with Crippen LogP contribution in [0.15, 0.2) is 30.5 Å². The molecule has 7 heteroatoms. The fraction of sp³-hybridized carbons (Fsp3) is 0.400. The molecular formula is C20H24N6O. The first-order chi connectivity index (χ1) is 13.1. The quantitative estimate of drug-likeness (QED) is 0.761. The highest BCUT2D eigenvalue weighted by Gasteiger charge is 2.19. The monoisotopic (exact) mass is 364 g/mol. The summed E-state index contributed by atoms with van der Waals surface area (Å²) >= 11 is 0. The summed E-state index contributed by atoms with van der Waals surface area (Å²) in [5, 5.41) is 0. The summed E-state index contributed by atoms with van der Waals surface area (Å²) in [4.78, 5) is 20.1. The molecule has 1 fully saturated rings. The SMILES string of the molecule is CC(C)Cc1ccc(-c2cnc3nc(N)nc(N4CCOCC4)c3n2)cc1. The van der Waals surface area contributed by atoms with E-state index in [9.17, 15) is 0 Å². The van der Waals surface area contributed by atoms with Gasteiger partial charge in [0.15, 0.2) is 17.0 Å². The highest BCUT2D eigenvalue weighted by molar-refractivity contribution is 5.85. The molecule has 1 saturated heterocycles. The summed E-state index contributed by atoms with van der Waals surface area (Å²) in [6, 6.07) is 8.51. The number of nitrogens with zero attached hydrogens (tertiary/aromatic N) is 5. The fourth-order valence-corrected chi connectivity index (χ4v) is 3.33. The number of nitrogen functional groups attached to an aromatic ring is 1. The van der Waals surface area contributed by atoms with Crippen molar-refractivity contribution in [3.63, 3.8) is 0 Å². The number of aromatic nitrogens is 4. The molecule has 0 aliphatic carbocycles. The van der Waals surface area contributed by atoms with Crippen LogP contribution in [-0.4, -0.2) is 46.2 Å². The van der Waals surface area contributed by atoms with Crippen molar-refractivity contribution in [2.24, 2.45) is 5.92 Å². The molecule has 2 aromatic heterocycles. The van der Waals surface area contributed by atoms with Gasteiger partial charge in [0.2, 0.25) is 5.95 Å². The average Bonchev–Trinajstić information content (AvgIpc) is 2.68. The third kappa shape index (κ3) is 3.83. The van der Waals surface area contributed by atoms with E-state index in [0.717, 1.165) is 36.6 Å². The Morgan fingerprint density at radius 3 is 2.52 bits per heavy atom. The molecule has 140 valence electrons. The zero-order chi connectivity index (χ0) is 18.8. The molecule has 4 rings (SSSR count). The van der Waals surface area contributed by atoms with Gasteiger partial charge in [-0.15, -0.1) is 0 Å². The van der Waals surface area contributed by atoms with Crippen LogP contribution in [0, 0.1) is 5.92 Å². The fourth-order valence-electron chi connectivity index (χ4n) is 3.33. The molecule has 0 saturated carbocycles. The van der Waals surface area contributed by atoms with Gasteiger partial charge in [-0.3, -0.25) is 0 Å². The van der Waals surface area contributed by atoms with Crippen molar-refractivity contribution in [3.05, 3.63) is 36.0 Å². The molecule has 3 heterocycles. The standard InChI is InChI=1S/C20H24N6O/c1-13(2)11-14-3-5-15(6-4-14)16-12-22-18-17(23-16)19(25-20(21)24-18)26-7-9-27-10-8-26/h3-6,12-13H,7-11H2,1-2H3,(H2,21,22,24,25). The molecule has 1 aliphatic heterocycles. The Labute approximate surface area is 158 Å². The predicted octanol–water partition coefficient (Wildman–Crippen LogP) is 2.70. The van der Waals surface area contributed by atoms with Gasteiger partial charge < -0.3 is 15.4 Å². The second-order valence-electron chi connectivity index (χ2n) is 7.23. The molecule has 0 bridgehead atoms. The van der Waals surface area contributed by atoms with Crippen molar-refractivity contribution in [1.29, 1.82) is 0 Å². The Balaban J connectivity index is 1.73. The summed E-state index contributed by atoms with van der Waals surface area (Å²) < 4.78 is 5.44. The largest absolute Gasteiger partial charge is 0.378 e. The number of morpholine rings is 1. The van der Waals surface area contributed by atoms with Crippen molar-refractivity contribution in [3.8, 4) is 11.3 Å². The molecule has 0 amide bonds. The van der Waals surface area contributed by atoms with Crippen LogP contribution in [0.4, 0.5) is 11.8 Å². The Hall–Kier alpha value is -2.80. The summed E-state index contributed by atoms with van der Waals surface area (Å²) in [5.41, 5.74) is 10.2. The second kappa shape index (κ2) is 7.44. The number of hydrogen-bond acceptors (Lipinski definition) is 7. The third-order valence-corrected chi connectivity index (χ3v) is 4.61. The van der Waals surface area contributed by atoms with Gasteiger partial charge in [0, 0.05) is 18.7 Å². The lowest BCUT2D eigenvalue weighted by Crippen LogP contribution is -2.37. The minimum atomic E-state index is 0.212. The molecule has 0 radical (unpaired) electrons. The number of nitrogens with two attached hydrogens (primary N) is 1. The first-order valence-electron chi connectivity index (χ1n) is 9.32. The highest BCUT2D eigenvalue weighted by atomic mass is 16.5. The van der Waals surface area contributed by atoms with Crippen molar-refractivity contribution in [2.75, 3.05) is 36.9 Å². The number of rotatable bonds is 4. The van der Waals surface area contributed by atoms with E-state index in [1.807, 2.05) is 0 Å². The molecule has 0 atom stereocenters. The summed E-state index contributed by atoms with van der Waals surface area (Å²) in [6.45, 7) is 7.28. The minimum Gasteiger partial charge on any atom is -0.378 e. The van der Waals surface area contributed by atoms with E-state index in [-0.39, 0.29) is 5.95 Å². The van der Waals surface area contributed by atoms with Crippen LogP contribution in [-0.2, 0) is 11.2 Å². The molecule has 1 aromatic carbocycles. The van der Waals surface area contributed by atoms with E-state index in [1.165, 1.54) is 5.56 Å². The smallest absolute Gasteiger partial charge is 0.224 e. The second-order valence-corrected chi connectivity index (χ2v) is 7.23. The molecule has 1 aliphatic rings. The van der Waals surface area contributed by atoms with Gasteiger partial charge in [0.05, 0.1) is 25.1 Å². The lowest BCUT2D eigenvalue weighted by molar-refractivity contribution is 0.122. The van der Waals surface area contributed by atoms with E-state index >= 15 is 0 Å².